The molecule has 0 aliphatic heterocycles. The Balaban J connectivity index is 1.69. The Hall–Kier alpha value is -2.32. The molecule has 1 aromatic heterocycles. The van der Waals surface area contributed by atoms with Crippen LogP contribution in [0.1, 0.15) is 30.5 Å². The fourth-order valence-electron chi connectivity index (χ4n) is 2.83. The summed E-state index contributed by atoms with van der Waals surface area (Å²) in [6.07, 6.45) is 6.33. The Labute approximate surface area is 144 Å². The highest BCUT2D eigenvalue weighted by Gasteiger charge is 2.12. The van der Waals surface area contributed by atoms with Crippen molar-refractivity contribution in [3.63, 3.8) is 0 Å². The Morgan fingerprint density at radius 2 is 1.79 bits per heavy atom. The van der Waals surface area contributed by atoms with Crippen LogP contribution in [-0.4, -0.2) is 17.5 Å². The van der Waals surface area contributed by atoms with Gasteiger partial charge in [0.2, 0.25) is 0 Å². The Bertz CT molecular complexity index is 811. The van der Waals surface area contributed by atoms with Crippen molar-refractivity contribution in [2.45, 2.75) is 33.4 Å². The average Bonchev–Trinajstić information content (AvgIpc) is 2.99. The van der Waals surface area contributed by atoms with E-state index < -0.39 is 0 Å². The van der Waals surface area contributed by atoms with Crippen LogP contribution in [0.2, 0.25) is 0 Å². The summed E-state index contributed by atoms with van der Waals surface area (Å²) in [4.78, 5) is 2.45. The molecular weight excluding hydrogens is 294 g/mol. The summed E-state index contributed by atoms with van der Waals surface area (Å²) in [5.74, 6) is 0. The summed E-state index contributed by atoms with van der Waals surface area (Å²) in [5.41, 5.74) is 4.76. The third-order valence-electron chi connectivity index (χ3n) is 4.39. The molecule has 0 atom stereocenters. The van der Waals surface area contributed by atoms with Crippen molar-refractivity contribution in [2.24, 2.45) is 0 Å². The lowest BCUT2D eigenvalue weighted by atomic mass is 10.1. The van der Waals surface area contributed by atoms with Crippen LogP contribution in [0, 0.1) is 6.92 Å². The van der Waals surface area contributed by atoms with Crippen LogP contribution in [0.25, 0.3) is 17.0 Å². The average molecular weight is 319 g/mol. The van der Waals surface area contributed by atoms with E-state index in [1.807, 2.05) is 18.4 Å². The predicted octanol–water partition coefficient (Wildman–Crippen LogP) is 5.67. The Morgan fingerprint density at radius 3 is 2.54 bits per heavy atom. The number of para-hydroxylation sites is 1. The highest BCUT2D eigenvalue weighted by molar-refractivity contribution is 5.80. The Morgan fingerprint density at radius 1 is 1.04 bits per heavy atom. The third-order valence-corrected chi connectivity index (χ3v) is 4.39. The first-order valence-corrected chi connectivity index (χ1v) is 8.56. The maximum Gasteiger partial charge on any atom is 0.134 e. The van der Waals surface area contributed by atoms with Gasteiger partial charge in [-0.05, 0) is 32.4 Å². The molecule has 0 saturated heterocycles. The van der Waals surface area contributed by atoms with Gasteiger partial charge in [-0.2, -0.15) is 0 Å². The smallest absolute Gasteiger partial charge is 0.134 e. The summed E-state index contributed by atoms with van der Waals surface area (Å²) in [7, 11) is 0. The van der Waals surface area contributed by atoms with Crippen LogP contribution < -0.4 is 0 Å². The fourth-order valence-corrected chi connectivity index (χ4v) is 2.83. The van der Waals surface area contributed by atoms with Crippen molar-refractivity contribution in [2.75, 3.05) is 6.54 Å². The van der Waals surface area contributed by atoms with Crippen molar-refractivity contribution in [1.29, 1.82) is 0 Å². The molecule has 0 saturated carbocycles. The minimum atomic E-state index is 0.473. The van der Waals surface area contributed by atoms with Crippen molar-refractivity contribution in [3.8, 4) is 0 Å². The van der Waals surface area contributed by atoms with Gasteiger partial charge in [-0.25, -0.2) is 0 Å². The molecule has 0 aliphatic rings. The molecule has 24 heavy (non-hydrogen) atoms. The Kier molecular flexibility index (Phi) is 5.17. The number of hydrogen-bond acceptors (Lipinski definition) is 2. The molecule has 3 rings (SSSR count). The zero-order chi connectivity index (χ0) is 16.9. The van der Waals surface area contributed by atoms with Crippen LogP contribution in [0.5, 0.6) is 0 Å². The molecule has 3 aromatic rings. The molecule has 0 bridgehead atoms. The van der Waals surface area contributed by atoms with Gasteiger partial charge in [0.15, 0.2) is 0 Å². The second-order valence-corrected chi connectivity index (χ2v) is 6.59. The first kappa shape index (κ1) is 16.5. The first-order chi connectivity index (χ1) is 11.6. The summed E-state index contributed by atoms with van der Waals surface area (Å²) in [6.45, 7) is 8.41. The van der Waals surface area contributed by atoms with Crippen LogP contribution in [0.3, 0.4) is 0 Å². The number of rotatable bonds is 6. The monoisotopic (exact) mass is 319 g/mol. The molecule has 0 unspecified atom stereocenters. The zero-order valence-corrected chi connectivity index (χ0v) is 14.7. The maximum atomic E-state index is 5.67. The van der Waals surface area contributed by atoms with Gasteiger partial charge in [0, 0.05) is 30.1 Å². The standard InChI is InChI=1S/C22H25NO/c1-17(2)23(14-6-7-19-12-10-18(3)11-13-19)15-20-16-24-22-9-5-4-8-21(20)22/h4-13,16-17H,14-15H2,1-3H3/b7-6+. The molecule has 0 radical (unpaired) electrons. The molecule has 0 N–H and O–H groups in total. The topological polar surface area (TPSA) is 16.4 Å². The van der Waals surface area contributed by atoms with Crippen molar-refractivity contribution < 1.29 is 4.42 Å². The van der Waals surface area contributed by atoms with E-state index in [0.29, 0.717) is 6.04 Å². The van der Waals surface area contributed by atoms with Crippen LogP contribution >= 0.6 is 0 Å². The summed E-state index contributed by atoms with van der Waals surface area (Å²) >= 11 is 0. The van der Waals surface area contributed by atoms with E-state index >= 15 is 0 Å². The lowest BCUT2D eigenvalue weighted by Gasteiger charge is -2.24. The normalized spacial score (nSPS) is 12.0. The predicted molar refractivity (Wildman–Crippen MR) is 102 cm³/mol. The van der Waals surface area contributed by atoms with E-state index in [0.717, 1.165) is 18.7 Å². The molecular formula is C22H25NO. The van der Waals surface area contributed by atoms with E-state index in [1.165, 1.54) is 22.1 Å². The summed E-state index contributed by atoms with van der Waals surface area (Å²) in [6, 6.07) is 17.3. The van der Waals surface area contributed by atoms with Gasteiger partial charge in [-0.1, -0.05) is 60.2 Å². The number of nitrogens with zero attached hydrogens (tertiary/aromatic N) is 1. The summed E-state index contributed by atoms with van der Waals surface area (Å²) < 4.78 is 5.67. The van der Waals surface area contributed by atoms with Crippen molar-refractivity contribution in [3.05, 3.63) is 77.6 Å². The number of furan rings is 1. The molecule has 0 spiro atoms. The molecule has 0 fully saturated rings. The molecule has 1 heterocycles. The van der Waals surface area contributed by atoms with Gasteiger partial charge in [-0.3, -0.25) is 4.90 Å². The fraction of sp³-hybridized carbons (Fsp3) is 0.273. The minimum absolute atomic E-state index is 0.473. The largest absolute Gasteiger partial charge is 0.464 e. The molecule has 2 aromatic carbocycles. The zero-order valence-electron chi connectivity index (χ0n) is 14.7. The van der Waals surface area contributed by atoms with E-state index in [2.05, 4.69) is 74.2 Å². The highest BCUT2D eigenvalue weighted by Crippen LogP contribution is 2.22. The van der Waals surface area contributed by atoms with Crippen LogP contribution in [-0.2, 0) is 6.54 Å². The third kappa shape index (κ3) is 3.95. The van der Waals surface area contributed by atoms with E-state index in [1.54, 1.807) is 0 Å². The van der Waals surface area contributed by atoms with E-state index in [-0.39, 0.29) is 0 Å². The molecule has 124 valence electrons. The number of benzene rings is 2. The second-order valence-electron chi connectivity index (χ2n) is 6.59. The van der Waals surface area contributed by atoms with E-state index in [4.69, 9.17) is 4.42 Å². The number of fused-ring (bicyclic) bond motifs is 1. The van der Waals surface area contributed by atoms with Gasteiger partial charge >= 0.3 is 0 Å². The molecule has 2 nitrogen and oxygen atoms in total. The molecule has 0 amide bonds. The highest BCUT2D eigenvalue weighted by atomic mass is 16.3. The lowest BCUT2D eigenvalue weighted by molar-refractivity contribution is 0.237. The molecule has 2 heteroatoms. The lowest BCUT2D eigenvalue weighted by Crippen LogP contribution is -2.30. The van der Waals surface area contributed by atoms with Gasteiger partial charge in [0.1, 0.15) is 5.58 Å². The maximum absolute atomic E-state index is 5.67. The quantitative estimate of drug-likeness (QED) is 0.582. The van der Waals surface area contributed by atoms with Crippen molar-refractivity contribution in [1.82, 2.24) is 4.90 Å². The van der Waals surface area contributed by atoms with Gasteiger partial charge in [-0.15, -0.1) is 0 Å². The minimum Gasteiger partial charge on any atom is -0.464 e. The number of aryl methyl sites for hydroxylation is 1. The SMILES string of the molecule is Cc1ccc(/C=C/CN(Cc2coc3ccccc23)C(C)C)cc1. The van der Waals surface area contributed by atoms with Gasteiger partial charge in [0.05, 0.1) is 6.26 Å². The second kappa shape index (κ2) is 7.50. The summed E-state index contributed by atoms with van der Waals surface area (Å²) in [5, 5.41) is 1.21. The number of hydrogen-bond donors (Lipinski definition) is 0. The van der Waals surface area contributed by atoms with E-state index in [9.17, 15) is 0 Å². The van der Waals surface area contributed by atoms with Crippen LogP contribution in [0.4, 0.5) is 0 Å². The van der Waals surface area contributed by atoms with Crippen molar-refractivity contribution >= 4 is 17.0 Å². The van der Waals surface area contributed by atoms with Gasteiger partial charge in [0.25, 0.3) is 0 Å². The first-order valence-electron chi connectivity index (χ1n) is 8.56. The van der Waals surface area contributed by atoms with Gasteiger partial charge < -0.3 is 4.42 Å². The molecule has 0 aliphatic carbocycles. The van der Waals surface area contributed by atoms with Crippen LogP contribution in [0.15, 0.2) is 65.3 Å².